The van der Waals surface area contributed by atoms with E-state index < -0.39 is 0 Å². The lowest BCUT2D eigenvalue weighted by Gasteiger charge is -2.28. The third kappa shape index (κ3) is 5.07. The van der Waals surface area contributed by atoms with Crippen molar-refractivity contribution < 1.29 is 0 Å². The molecule has 0 aliphatic heterocycles. The zero-order valence-electron chi connectivity index (χ0n) is 13.8. The van der Waals surface area contributed by atoms with Crippen LogP contribution in [0.1, 0.15) is 45.2 Å². The normalized spacial score (nSPS) is 21.9. The molecule has 5 nitrogen and oxygen atoms in total. The van der Waals surface area contributed by atoms with Crippen LogP contribution in [0.4, 0.5) is 0 Å². The van der Waals surface area contributed by atoms with Gasteiger partial charge in [0.05, 0.1) is 12.2 Å². The van der Waals surface area contributed by atoms with Crippen molar-refractivity contribution >= 4 is 46.2 Å². The van der Waals surface area contributed by atoms with Gasteiger partial charge in [-0.25, -0.2) is 9.98 Å². The molecule has 0 atom stereocenters. The molecule has 2 aromatic rings. The lowest BCUT2D eigenvalue weighted by atomic mass is 9.87. The van der Waals surface area contributed by atoms with Gasteiger partial charge in [0.2, 0.25) is 0 Å². The molecule has 0 saturated heterocycles. The molecule has 1 aliphatic rings. The molecule has 1 fully saturated rings. The Morgan fingerprint density at radius 1 is 1.39 bits per heavy atom. The van der Waals surface area contributed by atoms with Gasteiger partial charge < -0.3 is 10.6 Å². The summed E-state index contributed by atoms with van der Waals surface area (Å²) in [5.41, 5.74) is 1.02. The molecule has 2 N–H and O–H groups in total. The number of nitrogens with one attached hydrogen (secondary N) is 2. The summed E-state index contributed by atoms with van der Waals surface area (Å²) in [7, 11) is 0. The number of hydrogen-bond acceptors (Lipinski definition) is 3. The van der Waals surface area contributed by atoms with Crippen LogP contribution in [-0.4, -0.2) is 27.9 Å². The monoisotopic (exact) mass is 447 g/mol. The SMILES string of the molecule is CCNC(=NCc1cn2ccsc2n1)NC1CCC(C)CC1.I. The Hall–Kier alpha value is -0.830. The maximum absolute atomic E-state index is 4.69. The third-order valence-corrected chi connectivity index (χ3v) is 5.01. The molecule has 128 valence electrons. The number of imidazole rings is 1. The zero-order valence-corrected chi connectivity index (χ0v) is 16.9. The van der Waals surface area contributed by atoms with E-state index in [-0.39, 0.29) is 24.0 Å². The first-order valence-electron chi connectivity index (χ1n) is 8.20. The molecule has 1 saturated carbocycles. The van der Waals surface area contributed by atoms with Crippen LogP contribution in [-0.2, 0) is 6.54 Å². The van der Waals surface area contributed by atoms with Crippen molar-refractivity contribution in [1.29, 1.82) is 0 Å². The van der Waals surface area contributed by atoms with Gasteiger partial charge >= 0.3 is 0 Å². The molecule has 7 heteroatoms. The lowest BCUT2D eigenvalue weighted by Crippen LogP contribution is -2.44. The molecule has 2 heterocycles. The molecule has 23 heavy (non-hydrogen) atoms. The van der Waals surface area contributed by atoms with Crippen LogP contribution < -0.4 is 10.6 Å². The average molecular weight is 447 g/mol. The van der Waals surface area contributed by atoms with E-state index in [1.54, 1.807) is 11.3 Å². The summed E-state index contributed by atoms with van der Waals surface area (Å²) in [6.45, 7) is 5.95. The summed E-state index contributed by atoms with van der Waals surface area (Å²) < 4.78 is 2.05. The minimum atomic E-state index is 0. The summed E-state index contributed by atoms with van der Waals surface area (Å²) in [4.78, 5) is 10.3. The van der Waals surface area contributed by atoms with E-state index in [4.69, 9.17) is 4.99 Å². The smallest absolute Gasteiger partial charge is 0.193 e. The molecule has 2 aromatic heterocycles. The number of aliphatic imine (C=N–C) groups is 1. The highest BCUT2D eigenvalue weighted by molar-refractivity contribution is 14.0. The number of aromatic nitrogens is 2. The lowest BCUT2D eigenvalue weighted by molar-refractivity contribution is 0.329. The Kier molecular flexibility index (Phi) is 7.13. The number of hydrogen-bond donors (Lipinski definition) is 2. The fraction of sp³-hybridized carbons (Fsp3) is 0.625. The highest BCUT2D eigenvalue weighted by atomic mass is 127. The molecule has 0 aromatic carbocycles. The maximum atomic E-state index is 4.69. The molecule has 0 spiro atoms. The summed E-state index contributed by atoms with van der Waals surface area (Å²) >= 11 is 1.65. The third-order valence-electron chi connectivity index (χ3n) is 4.24. The topological polar surface area (TPSA) is 53.7 Å². The van der Waals surface area contributed by atoms with Gasteiger partial charge in [-0.15, -0.1) is 35.3 Å². The van der Waals surface area contributed by atoms with Crippen LogP contribution in [0.3, 0.4) is 0 Å². The number of fused-ring (bicyclic) bond motifs is 1. The second-order valence-electron chi connectivity index (χ2n) is 6.12. The van der Waals surface area contributed by atoms with Gasteiger partial charge in [0.25, 0.3) is 0 Å². The highest BCUT2D eigenvalue weighted by Gasteiger charge is 2.18. The second-order valence-corrected chi connectivity index (χ2v) is 6.99. The number of thiazole rings is 1. The summed E-state index contributed by atoms with van der Waals surface area (Å²) in [6, 6.07) is 0.555. The summed E-state index contributed by atoms with van der Waals surface area (Å²) in [5, 5.41) is 8.97. The van der Waals surface area contributed by atoms with Crippen LogP contribution in [0.2, 0.25) is 0 Å². The van der Waals surface area contributed by atoms with Crippen molar-refractivity contribution in [3.05, 3.63) is 23.5 Å². The zero-order chi connectivity index (χ0) is 15.4. The number of rotatable bonds is 4. The Bertz CT molecular complexity index is 599. The minimum absolute atomic E-state index is 0. The number of halogens is 1. The number of nitrogens with zero attached hydrogens (tertiary/aromatic N) is 3. The molecule has 0 bridgehead atoms. The summed E-state index contributed by atoms with van der Waals surface area (Å²) in [6.07, 6.45) is 9.20. The fourth-order valence-electron chi connectivity index (χ4n) is 2.93. The Morgan fingerprint density at radius 2 is 2.17 bits per heavy atom. The van der Waals surface area contributed by atoms with Crippen LogP contribution in [0.15, 0.2) is 22.8 Å². The minimum Gasteiger partial charge on any atom is -0.357 e. The first-order chi connectivity index (χ1) is 10.7. The Morgan fingerprint density at radius 3 is 2.87 bits per heavy atom. The van der Waals surface area contributed by atoms with Crippen LogP contribution >= 0.6 is 35.3 Å². The summed E-state index contributed by atoms with van der Waals surface area (Å²) in [5.74, 6) is 1.79. The van der Waals surface area contributed by atoms with Gasteiger partial charge in [-0.2, -0.15) is 0 Å². The average Bonchev–Trinajstić information content (AvgIpc) is 3.08. The van der Waals surface area contributed by atoms with Crippen molar-refractivity contribution in [1.82, 2.24) is 20.0 Å². The van der Waals surface area contributed by atoms with Crippen molar-refractivity contribution in [3.63, 3.8) is 0 Å². The second kappa shape index (κ2) is 8.86. The van der Waals surface area contributed by atoms with E-state index in [1.165, 1.54) is 25.7 Å². The van der Waals surface area contributed by atoms with Gasteiger partial charge in [-0.3, -0.25) is 4.40 Å². The quantitative estimate of drug-likeness (QED) is 0.428. The molecular weight excluding hydrogens is 421 g/mol. The van der Waals surface area contributed by atoms with Crippen molar-refractivity contribution in [2.75, 3.05) is 6.54 Å². The standard InChI is InChI=1S/C16H25N5S.HI/c1-3-17-15(19-13-6-4-12(2)5-7-13)18-10-14-11-21-8-9-22-16(21)20-14;/h8-9,11-13H,3-7,10H2,1-2H3,(H2,17,18,19);1H. The van der Waals surface area contributed by atoms with Gasteiger partial charge in [0.1, 0.15) is 0 Å². The highest BCUT2D eigenvalue weighted by Crippen LogP contribution is 2.23. The Labute approximate surface area is 159 Å². The maximum Gasteiger partial charge on any atom is 0.193 e. The molecule has 3 rings (SSSR count). The van der Waals surface area contributed by atoms with Crippen LogP contribution in [0.5, 0.6) is 0 Å². The van der Waals surface area contributed by atoms with Crippen molar-refractivity contribution in [2.24, 2.45) is 10.9 Å². The van der Waals surface area contributed by atoms with E-state index in [1.807, 2.05) is 11.6 Å². The van der Waals surface area contributed by atoms with E-state index in [0.717, 1.165) is 29.1 Å². The van der Waals surface area contributed by atoms with E-state index in [9.17, 15) is 0 Å². The van der Waals surface area contributed by atoms with E-state index in [2.05, 4.69) is 40.1 Å². The molecule has 1 aliphatic carbocycles. The van der Waals surface area contributed by atoms with E-state index >= 15 is 0 Å². The van der Waals surface area contributed by atoms with E-state index in [0.29, 0.717) is 12.6 Å². The molecule has 0 radical (unpaired) electrons. The predicted molar refractivity (Wildman–Crippen MR) is 108 cm³/mol. The van der Waals surface area contributed by atoms with Crippen molar-refractivity contribution in [3.8, 4) is 0 Å². The molecule has 0 amide bonds. The largest absolute Gasteiger partial charge is 0.357 e. The first kappa shape index (κ1) is 18.5. The predicted octanol–water partition coefficient (Wildman–Crippen LogP) is 3.65. The molecule has 0 unspecified atom stereocenters. The van der Waals surface area contributed by atoms with Crippen molar-refractivity contribution in [2.45, 2.75) is 52.1 Å². The van der Waals surface area contributed by atoms with Gasteiger partial charge in [-0.05, 0) is 38.5 Å². The molecular formula is C16H26IN5S. The van der Waals surface area contributed by atoms with Gasteiger partial charge in [0.15, 0.2) is 10.9 Å². The Balaban J connectivity index is 0.00000192. The number of guanidine groups is 1. The van der Waals surface area contributed by atoms with Gasteiger partial charge in [0, 0.05) is 30.4 Å². The fourth-order valence-corrected chi connectivity index (χ4v) is 3.65. The van der Waals surface area contributed by atoms with Gasteiger partial charge in [-0.1, -0.05) is 6.92 Å². The van der Waals surface area contributed by atoms with Crippen LogP contribution in [0, 0.1) is 5.92 Å². The first-order valence-corrected chi connectivity index (χ1v) is 9.08. The van der Waals surface area contributed by atoms with Crippen LogP contribution in [0.25, 0.3) is 4.96 Å².